The molecule has 1 heterocycles. The van der Waals surface area contributed by atoms with Crippen LogP contribution in [0.25, 0.3) is 0 Å². The predicted octanol–water partition coefficient (Wildman–Crippen LogP) is 2.78. The lowest BCUT2D eigenvalue weighted by Crippen LogP contribution is -2.13. The van der Waals surface area contributed by atoms with Crippen LogP contribution >= 0.6 is 23.1 Å². The normalized spacial score (nSPS) is 10.5. The molecule has 6 heteroatoms. The van der Waals surface area contributed by atoms with Crippen LogP contribution in [0.2, 0.25) is 0 Å². The van der Waals surface area contributed by atoms with Gasteiger partial charge in [-0.1, -0.05) is 23.9 Å². The summed E-state index contributed by atoms with van der Waals surface area (Å²) < 4.78 is 6.16. The Morgan fingerprint density at radius 1 is 1.50 bits per heavy atom. The van der Waals surface area contributed by atoms with E-state index in [1.165, 1.54) is 16.9 Å². The molecule has 1 aromatic carbocycles. The Morgan fingerprint density at radius 3 is 3.00 bits per heavy atom. The third-order valence-corrected chi connectivity index (χ3v) is 5.08. The number of nitrogens with zero attached hydrogens (tertiary/aromatic N) is 1. The Morgan fingerprint density at radius 2 is 2.30 bits per heavy atom. The zero-order valence-electron chi connectivity index (χ0n) is 11.4. The first-order valence-electron chi connectivity index (χ1n) is 6.09. The molecule has 0 saturated heterocycles. The zero-order chi connectivity index (χ0) is 14.5. The monoisotopic (exact) mass is 308 g/mol. The number of carbonyl (C=O) groups is 1. The van der Waals surface area contributed by atoms with Gasteiger partial charge in [-0.2, -0.15) is 0 Å². The van der Waals surface area contributed by atoms with E-state index in [4.69, 9.17) is 10.5 Å². The van der Waals surface area contributed by atoms with Crippen molar-refractivity contribution in [3.05, 3.63) is 40.4 Å². The molecule has 0 bridgehead atoms. The number of nitrogens with two attached hydrogens (primary N) is 1. The van der Waals surface area contributed by atoms with Crippen molar-refractivity contribution in [3.63, 3.8) is 0 Å². The van der Waals surface area contributed by atoms with Gasteiger partial charge in [-0.05, 0) is 24.6 Å². The highest BCUT2D eigenvalue weighted by atomic mass is 32.2. The summed E-state index contributed by atoms with van der Waals surface area (Å²) in [5.41, 5.74) is 7.29. The van der Waals surface area contributed by atoms with Gasteiger partial charge in [0, 0.05) is 10.6 Å². The first kappa shape index (κ1) is 14.9. The maximum absolute atomic E-state index is 11.0. The summed E-state index contributed by atoms with van der Waals surface area (Å²) >= 11 is 3.19. The van der Waals surface area contributed by atoms with Crippen molar-refractivity contribution in [1.82, 2.24) is 4.98 Å². The van der Waals surface area contributed by atoms with Crippen molar-refractivity contribution in [2.45, 2.75) is 23.4 Å². The average Bonchev–Trinajstić information content (AvgIpc) is 2.76. The highest BCUT2D eigenvalue weighted by molar-refractivity contribution is 8.00. The Labute approximate surface area is 126 Å². The molecule has 0 unspecified atom stereocenters. The fourth-order valence-corrected chi connectivity index (χ4v) is 3.88. The summed E-state index contributed by atoms with van der Waals surface area (Å²) in [7, 11) is 1.66. The van der Waals surface area contributed by atoms with E-state index in [-0.39, 0.29) is 12.3 Å². The summed E-state index contributed by atoms with van der Waals surface area (Å²) in [4.78, 5) is 16.4. The van der Waals surface area contributed by atoms with Gasteiger partial charge in [0.05, 0.1) is 19.2 Å². The van der Waals surface area contributed by atoms with E-state index in [0.29, 0.717) is 0 Å². The van der Waals surface area contributed by atoms with E-state index in [0.717, 1.165) is 26.4 Å². The van der Waals surface area contributed by atoms with E-state index in [9.17, 15) is 4.79 Å². The number of hydrogen-bond acceptors (Lipinski definition) is 5. The average molecular weight is 308 g/mol. The maximum atomic E-state index is 11.0. The molecule has 0 radical (unpaired) electrons. The molecule has 0 saturated carbocycles. The minimum absolute atomic E-state index is 0.267. The van der Waals surface area contributed by atoms with Crippen molar-refractivity contribution < 1.29 is 9.53 Å². The van der Waals surface area contributed by atoms with E-state index < -0.39 is 0 Å². The van der Waals surface area contributed by atoms with Crippen molar-refractivity contribution in [2.75, 3.05) is 7.11 Å². The highest BCUT2D eigenvalue weighted by Gasteiger charge is 2.10. The fourth-order valence-electron chi connectivity index (χ4n) is 1.69. The molecule has 1 aromatic heterocycles. The van der Waals surface area contributed by atoms with Crippen LogP contribution in [-0.4, -0.2) is 18.0 Å². The third kappa shape index (κ3) is 3.98. The predicted molar refractivity (Wildman–Crippen MR) is 82.3 cm³/mol. The molecule has 2 N–H and O–H groups in total. The summed E-state index contributed by atoms with van der Waals surface area (Å²) in [5.74, 6) is 1.36. The van der Waals surface area contributed by atoms with Gasteiger partial charge in [0.15, 0.2) is 4.34 Å². The summed E-state index contributed by atoms with van der Waals surface area (Å²) in [6.07, 6.45) is 0.267. The Balaban J connectivity index is 2.01. The second-order valence-electron chi connectivity index (χ2n) is 4.27. The minimum atomic E-state index is -0.318. The molecule has 0 aliphatic heterocycles. The molecule has 0 aliphatic carbocycles. The molecule has 2 aromatic rings. The minimum Gasteiger partial charge on any atom is -0.497 e. The maximum Gasteiger partial charge on any atom is 0.222 e. The number of aromatic nitrogens is 1. The number of methoxy groups -OCH3 is 1. The lowest BCUT2D eigenvalue weighted by Gasteiger charge is -2.02. The number of aryl methyl sites for hydroxylation is 1. The number of thioether (sulfide) groups is 1. The standard InChI is InChI=1S/C14H16N2O2S2/c1-9-12(7-13(15)17)20-14(16-9)19-8-10-4-3-5-11(6-10)18-2/h3-6H,7-8H2,1-2H3,(H2,15,17). The molecular weight excluding hydrogens is 292 g/mol. The number of benzene rings is 1. The van der Waals surface area contributed by atoms with Gasteiger partial charge in [-0.3, -0.25) is 4.79 Å². The number of hydrogen-bond donors (Lipinski definition) is 1. The first-order chi connectivity index (χ1) is 9.58. The lowest BCUT2D eigenvalue weighted by atomic mass is 10.2. The number of amides is 1. The van der Waals surface area contributed by atoms with Crippen molar-refractivity contribution in [2.24, 2.45) is 5.73 Å². The molecule has 2 rings (SSSR count). The van der Waals surface area contributed by atoms with Crippen LogP contribution < -0.4 is 10.5 Å². The first-order valence-corrected chi connectivity index (χ1v) is 7.89. The van der Waals surface area contributed by atoms with Crippen molar-refractivity contribution >= 4 is 29.0 Å². The summed E-state index contributed by atoms with van der Waals surface area (Å²) in [6, 6.07) is 7.96. The Bertz CT molecular complexity index is 611. The lowest BCUT2D eigenvalue weighted by molar-refractivity contribution is -0.117. The Hall–Kier alpha value is -1.53. The number of thiazole rings is 1. The van der Waals surface area contributed by atoms with Crippen LogP contribution in [-0.2, 0) is 17.0 Å². The van der Waals surface area contributed by atoms with E-state index in [1.54, 1.807) is 18.9 Å². The molecule has 0 atom stereocenters. The van der Waals surface area contributed by atoms with Crippen molar-refractivity contribution in [3.8, 4) is 5.75 Å². The second kappa shape index (κ2) is 6.76. The van der Waals surface area contributed by atoms with Crippen LogP contribution in [0.15, 0.2) is 28.6 Å². The quantitative estimate of drug-likeness (QED) is 0.833. The van der Waals surface area contributed by atoms with Gasteiger partial charge >= 0.3 is 0 Å². The smallest absolute Gasteiger partial charge is 0.222 e. The van der Waals surface area contributed by atoms with Gasteiger partial charge in [-0.25, -0.2) is 4.98 Å². The zero-order valence-corrected chi connectivity index (χ0v) is 13.0. The topological polar surface area (TPSA) is 65.2 Å². The third-order valence-electron chi connectivity index (χ3n) is 2.70. The molecule has 0 spiro atoms. The SMILES string of the molecule is COc1cccc(CSc2nc(C)c(CC(N)=O)s2)c1. The van der Waals surface area contributed by atoms with Gasteiger partial charge in [0.2, 0.25) is 5.91 Å². The van der Waals surface area contributed by atoms with E-state index in [1.807, 2.05) is 25.1 Å². The number of primary amides is 1. The number of ether oxygens (including phenoxy) is 1. The number of rotatable bonds is 6. The van der Waals surface area contributed by atoms with Crippen LogP contribution in [0.4, 0.5) is 0 Å². The molecule has 0 fully saturated rings. The molecule has 1 amide bonds. The second-order valence-corrected chi connectivity index (χ2v) is 6.58. The van der Waals surface area contributed by atoms with Crippen LogP contribution in [0, 0.1) is 6.92 Å². The Kier molecular flexibility index (Phi) is 5.03. The van der Waals surface area contributed by atoms with E-state index in [2.05, 4.69) is 11.1 Å². The number of carbonyl (C=O) groups excluding carboxylic acids is 1. The van der Waals surface area contributed by atoms with E-state index >= 15 is 0 Å². The van der Waals surface area contributed by atoms with Gasteiger partial charge < -0.3 is 10.5 Å². The molecule has 106 valence electrons. The molecule has 0 aliphatic rings. The fraction of sp³-hybridized carbons (Fsp3) is 0.286. The molecule has 4 nitrogen and oxygen atoms in total. The van der Waals surface area contributed by atoms with Gasteiger partial charge in [0.25, 0.3) is 0 Å². The summed E-state index contributed by atoms with van der Waals surface area (Å²) in [5, 5.41) is 0. The van der Waals surface area contributed by atoms with Crippen LogP contribution in [0.3, 0.4) is 0 Å². The molecule has 20 heavy (non-hydrogen) atoms. The van der Waals surface area contributed by atoms with Gasteiger partial charge in [0.1, 0.15) is 5.75 Å². The largest absolute Gasteiger partial charge is 0.497 e. The van der Waals surface area contributed by atoms with Crippen LogP contribution in [0.5, 0.6) is 5.75 Å². The molecular formula is C14H16N2O2S2. The summed E-state index contributed by atoms with van der Waals surface area (Å²) in [6.45, 7) is 1.91. The van der Waals surface area contributed by atoms with Crippen molar-refractivity contribution in [1.29, 1.82) is 0 Å². The highest BCUT2D eigenvalue weighted by Crippen LogP contribution is 2.30. The van der Waals surface area contributed by atoms with Crippen LogP contribution in [0.1, 0.15) is 16.1 Å². The van der Waals surface area contributed by atoms with Gasteiger partial charge in [-0.15, -0.1) is 11.3 Å².